The summed E-state index contributed by atoms with van der Waals surface area (Å²) in [6.45, 7) is 4.85. The summed E-state index contributed by atoms with van der Waals surface area (Å²) in [5, 5.41) is 11.2. The predicted octanol–water partition coefficient (Wildman–Crippen LogP) is 0.733. The number of nitrogens with one attached hydrogen (secondary N) is 2. The fourth-order valence-corrected chi connectivity index (χ4v) is 2.76. The zero-order valence-electron chi connectivity index (χ0n) is 13.8. The number of sulfonamides is 1. The Morgan fingerprint density at radius 3 is 2.29 bits per heavy atom. The minimum atomic E-state index is -3.75. The molecule has 0 bridgehead atoms. The molecular weight excluding hydrogens is 336 g/mol. The number of carboxylic acids is 1. The van der Waals surface area contributed by atoms with Crippen LogP contribution in [0.15, 0.2) is 29.2 Å². The van der Waals surface area contributed by atoms with E-state index in [4.69, 9.17) is 9.84 Å². The number of benzene rings is 1. The van der Waals surface area contributed by atoms with Crippen molar-refractivity contribution in [2.24, 2.45) is 0 Å². The molecule has 0 saturated carbocycles. The predicted molar refractivity (Wildman–Crippen MR) is 87.3 cm³/mol. The van der Waals surface area contributed by atoms with E-state index >= 15 is 0 Å². The topological polar surface area (TPSA) is 122 Å². The van der Waals surface area contributed by atoms with Crippen molar-refractivity contribution in [3.05, 3.63) is 24.3 Å². The number of amides is 1. The van der Waals surface area contributed by atoms with Gasteiger partial charge in [-0.15, -0.1) is 0 Å². The number of hydrogen-bond acceptors (Lipinski definition) is 5. The zero-order valence-corrected chi connectivity index (χ0v) is 14.6. The summed E-state index contributed by atoms with van der Waals surface area (Å²) in [6, 6.07) is 5.89. The van der Waals surface area contributed by atoms with E-state index in [1.54, 1.807) is 12.1 Å². The van der Waals surface area contributed by atoms with Gasteiger partial charge in [-0.3, -0.25) is 4.79 Å². The molecule has 24 heavy (non-hydrogen) atoms. The Kier molecular flexibility index (Phi) is 6.73. The summed E-state index contributed by atoms with van der Waals surface area (Å²) in [5.74, 6) is -1.17. The molecule has 0 heterocycles. The third kappa shape index (κ3) is 5.82. The lowest BCUT2D eigenvalue weighted by atomic mass is 10.1. The molecule has 0 radical (unpaired) electrons. The van der Waals surface area contributed by atoms with Crippen LogP contribution in [0.2, 0.25) is 0 Å². The highest BCUT2D eigenvalue weighted by Crippen LogP contribution is 2.15. The first kappa shape index (κ1) is 19.9. The third-order valence-electron chi connectivity index (χ3n) is 3.08. The molecule has 0 aliphatic rings. The number of carbonyl (C=O) groups excluding carboxylic acids is 1. The summed E-state index contributed by atoms with van der Waals surface area (Å²) in [5.41, 5.74) is -1.41. The second kappa shape index (κ2) is 8.11. The van der Waals surface area contributed by atoms with E-state index in [1.807, 2.05) is 6.92 Å². The van der Waals surface area contributed by atoms with Crippen molar-refractivity contribution in [1.29, 1.82) is 0 Å². The van der Waals surface area contributed by atoms with E-state index < -0.39 is 27.4 Å². The maximum Gasteiger partial charge on any atom is 0.328 e. The summed E-state index contributed by atoms with van der Waals surface area (Å²) < 4.78 is 31.7. The largest absolute Gasteiger partial charge is 0.494 e. The lowest BCUT2D eigenvalue weighted by Gasteiger charge is -2.20. The number of carbonyl (C=O) groups is 2. The molecule has 0 unspecified atom stereocenters. The molecule has 1 aromatic rings. The van der Waals surface area contributed by atoms with E-state index in [-0.39, 0.29) is 17.9 Å². The van der Waals surface area contributed by atoms with Crippen LogP contribution in [0.1, 0.15) is 27.2 Å². The summed E-state index contributed by atoms with van der Waals surface area (Å²) in [7, 11) is -3.75. The standard InChI is InChI=1S/C15H22N2O6S/c1-4-23-11-5-7-12(8-6-11)24(21,22)16-10-9-13(18)17-15(2,3)14(19)20/h5-8,16H,4,9-10H2,1-3H3,(H,17,18)(H,19,20). The molecule has 9 heteroatoms. The van der Waals surface area contributed by atoms with Crippen LogP contribution >= 0.6 is 0 Å². The van der Waals surface area contributed by atoms with Crippen LogP contribution in [0.3, 0.4) is 0 Å². The van der Waals surface area contributed by atoms with Gasteiger partial charge < -0.3 is 15.2 Å². The Bertz CT molecular complexity index is 682. The molecule has 1 rings (SSSR count). The molecule has 0 aliphatic carbocycles. The minimum absolute atomic E-state index is 0.0530. The van der Waals surface area contributed by atoms with Crippen LogP contribution in [0.5, 0.6) is 5.75 Å². The monoisotopic (exact) mass is 358 g/mol. The van der Waals surface area contributed by atoms with Crippen LogP contribution in [-0.2, 0) is 19.6 Å². The highest BCUT2D eigenvalue weighted by molar-refractivity contribution is 7.89. The Morgan fingerprint density at radius 2 is 1.79 bits per heavy atom. The first-order valence-electron chi connectivity index (χ1n) is 7.35. The van der Waals surface area contributed by atoms with Crippen LogP contribution in [0.4, 0.5) is 0 Å². The normalized spacial score (nSPS) is 11.8. The number of rotatable bonds is 9. The van der Waals surface area contributed by atoms with Gasteiger partial charge in [0.05, 0.1) is 11.5 Å². The average Bonchev–Trinajstić information content (AvgIpc) is 2.47. The van der Waals surface area contributed by atoms with Gasteiger partial charge in [-0.2, -0.15) is 0 Å². The quantitative estimate of drug-likeness (QED) is 0.598. The van der Waals surface area contributed by atoms with E-state index in [2.05, 4.69) is 10.0 Å². The number of hydrogen-bond donors (Lipinski definition) is 3. The van der Waals surface area contributed by atoms with Crippen LogP contribution in [0, 0.1) is 0 Å². The fraction of sp³-hybridized carbons (Fsp3) is 0.467. The molecule has 0 spiro atoms. The fourth-order valence-electron chi connectivity index (χ4n) is 1.73. The first-order chi connectivity index (χ1) is 11.1. The lowest BCUT2D eigenvalue weighted by Crippen LogP contribution is -2.50. The molecule has 134 valence electrons. The van der Waals surface area contributed by atoms with Crippen LogP contribution in [0.25, 0.3) is 0 Å². The van der Waals surface area contributed by atoms with Crippen LogP contribution in [-0.4, -0.2) is 44.1 Å². The van der Waals surface area contributed by atoms with Gasteiger partial charge in [0, 0.05) is 13.0 Å². The number of aliphatic carboxylic acids is 1. The van der Waals surface area contributed by atoms with Gasteiger partial charge >= 0.3 is 5.97 Å². The molecule has 1 amide bonds. The molecule has 0 aromatic heterocycles. The van der Waals surface area contributed by atoms with Gasteiger partial charge in [-0.05, 0) is 45.0 Å². The molecular formula is C15H22N2O6S. The van der Waals surface area contributed by atoms with Crippen molar-refractivity contribution < 1.29 is 27.9 Å². The average molecular weight is 358 g/mol. The van der Waals surface area contributed by atoms with Crippen molar-refractivity contribution in [3.8, 4) is 5.75 Å². The molecule has 1 aromatic carbocycles. The van der Waals surface area contributed by atoms with Gasteiger partial charge in [0.1, 0.15) is 11.3 Å². The Hall–Kier alpha value is -2.13. The maximum atomic E-state index is 12.1. The summed E-state index contributed by atoms with van der Waals surface area (Å²) in [6.07, 6.45) is -0.174. The summed E-state index contributed by atoms with van der Waals surface area (Å²) in [4.78, 5) is 22.6. The van der Waals surface area contributed by atoms with Gasteiger partial charge in [0.2, 0.25) is 15.9 Å². The second-order valence-electron chi connectivity index (χ2n) is 5.53. The highest BCUT2D eigenvalue weighted by Gasteiger charge is 2.28. The lowest BCUT2D eigenvalue weighted by molar-refractivity contribution is -0.146. The van der Waals surface area contributed by atoms with E-state index in [1.165, 1.54) is 26.0 Å². The van der Waals surface area contributed by atoms with Crippen molar-refractivity contribution in [1.82, 2.24) is 10.0 Å². The Labute approximate surface area is 141 Å². The molecule has 0 fully saturated rings. The summed E-state index contributed by atoms with van der Waals surface area (Å²) >= 11 is 0. The minimum Gasteiger partial charge on any atom is -0.494 e. The van der Waals surface area contributed by atoms with Crippen molar-refractivity contribution in [3.63, 3.8) is 0 Å². The molecule has 3 N–H and O–H groups in total. The first-order valence-corrected chi connectivity index (χ1v) is 8.83. The van der Waals surface area contributed by atoms with E-state index in [0.717, 1.165) is 0 Å². The van der Waals surface area contributed by atoms with Crippen molar-refractivity contribution in [2.45, 2.75) is 37.6 Å². The van der Waals surface area contributed by atoms with Crippen molar-refractivity contribution >= 4 is 21.9 Å². The number of carboxylic acid groups (broad SMARTS) is 1. The molecule has 8 nitrogen and oxygen atoms in total. The molecule has 0 aliphatic heterocycles. The number of ether oxygens (including phenoxy) is 1. The maximum absolute atomic E-state index is 12.1. The van der Waals surface area contributed by atoms with Crippen LogP contribution < -0.4 is 14.8 Å². The zero-order chi connectivity index (χ0) is 18.4. The Morgan fingerprint density at radius 1 is 1.21 bits per heavy atom. The smallest absolute Gasteiger partial charge is 0.328 e. The van der Waals surface area contributed by atoms with Crippen molar-refractivity contribution in [2.75, 3.05) is 13.2 Å². The van der Waals surface area contributed by atoms with Gasteiger partial charge in [-0.1, -0.05) is 0 Å². The Balaban J connectivity index is 2.56. The van der Waals surface area contributed by atoms with Gasteiger partial charge in [0.25, 0.3) is 0 Å². The molecule has 0 atom stereocenters. The van der Waals surface area contributed by atoms with E-state index in [0.29, 0.717) is 12.4 Å². The van der Waals surface area contributed by atoms with Gasteiger partial charge in [0.15, 0.2) is 0 Å². The highest BCUT2D eigenvalue weighted by atomic mass is 32.2. The SMILES string of the molecule is CCOc1ccc(S(=O)(=O)NCCC(=O)NC(C)(C)C(=O)O)cc1. The molecule has 0 saturated heterocycles. The van der Waals surface area contributed by atoms with E-state index in [9.17, 15) is 18.0 Å². The third-order valence-corrected chi connectivity index (χ3v) is 4.55. The second-order valence-corrected chi connectivity index (χ2v) is 7.30. The van der Waals surface area contributed by atoms with Gasteiger partial charge in [-0.25, -0.2) is 17.9 Å².